The zero-order valence-electron chi connectivity index (χ0n) is 13.2. The van der Waals surface area contributed by atoms with Gasteiger partial charge in [-0.1, -0.05) is 42.5 Å². The Labute approximate surface area is 137 Å². The smallest absolute Gasteiger partial charge is 0.240 e. The number of aliphatic hydroxyl groups excluding tert-OH is 1. The fraction of sp³-hybridized carbons (Fsp3) is 0.294. The van der Waals surface area contributed by atoms with Crippen LogP contribution in [0.5, 0.6) is 0 Å². The van der Waals surface area contributed by atoms with Gasteiger partial charge in [-0.2, -0.15) is 0 Å². The molecular weight excluding hydrogens is 312 g/mol. The van der Waals surface area contributed by atoms with Crippen molar-refractivity contribution in [2.24, 2.45) is 0 Å². The molecule has 124 valence electrons. The fourth-order valence-corrected chi connectivity index (χ4v) is 2.98. The number of nitrogens with one attached hydrogen (secondary N) is 2. The molecule has 0 radical (unpaired) electrons. The van der Waals surface area contributed by atoms with E-state index < -0.39 is 16.1 Å². The van der Waals surface area contributed by atoms with Crippen LogP contribution in [0.2, 0.25) is 0 Å². The first-order valence-electron chi connectivity index (χ1n) is 7.44. The van der Waals surface area contributed by atoms with Crippen molar-refractivity contribution in [3.8, 4) is 0 Å². The summed E-state index contributed by atoms with van der Waals surface area (Å²) < 4.78 is 25.7. The summed E-state index contributed by atoms with van der Waals surface area (Å²) in [6.07, 6.45) is -0.581. The van der Waals surface area contributed by atoms with Crippen LogP contribution in [-0.2, 0) is 10.0 Å². The average Bonchev–Trinajstić information content (AvgIpc) is 2.60. The minimum Gasteiger partial charge on any atom is -0.387 e. The van der Waals surface area contributed by atoms with Crippen LogP contribution in [0.15, 0.2) is 59.5 Å². The van der Waals surface area contributed by atoms with E-state index >= 15 is 0 Å². The summed E-state index contributed by atoms with van der Waals surface area (Å²) in [5.41, 5.74) is 1.82. The Morgan fingerprint density at radius 2 is 1.61 bits per heavy atom. The Morgan fingerprint density at radius 3 is 2.17 bits per heavy atom. The summed E-state index contributed by atoms with van der Waals surface area (Å²) in [6.45, 7) is 2.39. The molecule has 0 saturated heterocycles. The third-order valence-electron chi connectivity index (χ3n) is 3.76. The van der Waals surface area contributed by atoms with Gasteiger partial charge in [-0.15, -0.1) is 0 Å². The lowest BCUT2D eigenvalue weighted by Crippen LogP contribution is -2.25. The maximum absolute atomic E-state index is 11.7. The van der Waals surface area contributed by atoms with E-state index in [-0.39, 0.29) is 10.9 Å². The van der Waals surface area contributed by atoms with E-state index in [0.717, 1.165) is 11.1 Å². The molecule has 0 heterocycles. The Morgan fingerprint density at radius 1 is 1.00 bits per heavy atom. The minimum atomic E-state index is -3.41. The number of benzene rings is 2. The third kappa shape index (κ3) is 4.62. The van der Waals surface area contributed by atoms with Gasteiger partial charge >= 0.3 is 0 Å². The number of sulfonamides is 1. The molecule has 2 rings (SSSR count). The molecule has 0 aliphatic rings. The van der Waals surface area contributed by atoms with Gasteiger partial charge in [0.1, 0.15) is 0 Å². The molecule has 0 aromatic heterocycles. The van der Waals surface area contributed by atoms with Gasteiger partial charge in [0.15, 0.2) is 0 Å². The van der Waals surface area contributed by atoms with E-state index in [1.807, 2.05) is 37.3 Å². The van der Waals surface area contributed by atoms with Crippen molar-refractivity contribution in [2.45, 2.75) is 24.0 Å². The summed E-state index contributed by atoms with van der Waals surface area (Å²) >= 11 is 0. The first kappa shape index (κ1) is 17.6. The van der Waals surface area contributed by atoms with Gasteiger partial charge in [0, 0.05) is 12.6 Å². The predicted molar refractivity (Wildman–Crippen MR) is 90.5 cm³/mol. The molecule has 0 aliphatic heterocycles. The highest BCUT2D eigenvalue weighted by molar-refractivity contribution is 7.89. The Balaban J connectivity index is 1.97. The quantitative estimate of drug-likeness (QED) is 0.723. The van der Waals surface area contributed by atoms with Crippen molar-refractivity contribution < 1.29 is 13.5 Å². The van der Waals surface area contributed by atoms with E-state index in [0.29, 0.717) is 6.54 Å². The number of rotatable bonds is 7. The molecule has 0 amide bonds. The zero-order chi connectivity index (χ0) is 16.9. The second kappa shape index (κ2) is 7.70. The lowest BCUT2D eigenvalue weighted by atomic mass is 10.1. The van der Waals surface area contributed by atoms with Gasteiger partial charge in [0.2, 0.25) is 10.0 Å². The monoisotopic (exact) mass is 334 g/mol. The first-order chi connectivity index (χ1) is 10.9. The maximum atomic E-state index is 11.7. The SMILES string of the molecule is CNS(=O)(=O)c1ccc(C(C)NCC(O)c2ccccc2)cc1. The van der Waals surface area contributed by atoms with Crippen LogP contribution in [0.3, 0.4) is 0 Å². The first-order valence-corrected chi connectivity index (χ1v) is 8.92. The van der Waals surface area contributed by atoms with Gasteiger partial charge in [-0.05, 0) is 37.2 Å². The molecular formula is C17H22N2O3S. The molecule has 23 heavy (non-hydrogen) atoms. The van der Waals surface area contributed by atoms with Crippen molar-refractivity contribution in [3.63, 3.8) is 0 Å². The van der Waals surface area contributed by atoms with Crippen molar-refractivity contribution in [1.29, 1.82) is 0 Å². The molecule has 2 aromatic rings. The van der Waals surface area contributed by atoms with Crippen molar-refractivity contribution in [3.05, 3.63) is 65.7 Å². The van der Waals surface area contributed by atoms with Crippen LogP contribution in [0.1, 0.15) is 30.2 Å². The lowest BCUT2D eigenvalue weighted by molar-refractivity contribution is 0.171. The summed E-state index contributed by atoms with van der Waals surface area (Å²) in [4.78, 5) is 0.236. The van der Waals surface area contributed by atoms with E-state index in [2.05, 4.69) is 10.0 Å². The highest BCUT2D eigenvalue weighted by Crippen LogP contribution is 2.17. The maximum Gasteiger partial charge on any atom is 0.240 e. The van der Waals surface area contributed by atoms with Crippen LogP contribution in [-0.4, -0.2) is 27.1 Å². The van der Waals surface area contributed by atoms with Crippen LogP contribution >= 0.6 is 0 Å². The number of hydrogen-bond donors (Lipinski definition) is 3. The molecule has 0 aliphatic carbocycles. The molecule has 0 saturated carbocycles. The van der Waals surface area contributed by atoms with Crippen LogP contribution in [0.4, 0.5) is 0 Å². The Bertz CT molecular complexity index is 715. The normalized spacial score (nSPS) is 14.4. The molecule has 5 nitrogen and oxygen atoms in total. The van der Waals surface area contributed by atoms with Crippen LogP contribution < -0.4 is 10.0 Å². The van der Waals surface area contributed by atoms with Gasteiger partial charge < -0.3 is 10.4 Å². The molecule has 2 unspecified atom stereocenters. The highest BCUT2D eigenvalue weighted by Gasteiger charge is 2.13. The Hall–Kier alpha value is -1.73. The van der Waals surface area contributed by atoms with E-state index in [9.17, 15) is 13.5 Å². The minimum absolute atomic E-state index is 0.000276. The van der Waals surface area contributed by atoms with E-state index in [4.69, 9.17) is 0 Å². The molecule has 0 fully saturated rings. The fourth-order valence-electron chi connectivity index (χ4n) is 2.25. The van der Waals surface area contributed by atoms with Gasteiger partial charge in [0.05, 0.1) is 11.0 Å². The third-order valence-corrected chi connectivity index (χ3v) is 5.19. The second-order valence-electron chi connectivity index (χ2n) is 5.33. The van der Waals surface area contributed by atoms with Gasteiger partial charge in [-0.25, -0.2) is 13.1 Å². The average molecular weight is 334 g/mol. The molecule has 6 heteroatoms. The van der Waals surface area contributed by atoms with E-state index in [1.54, 1.807) is 24.3 Å². The predicted octanol–water partition coefficient (Wildman–Crippen LogP) is 1.98. The van der Waals surface area contributed by atoms with Crippen molar-refractivity contribution in [2.75, 3.05) is 13.6 Å². The Kier molecular flexibility index (Phi) is 5.90. The molecule has 3 N–H and O–H groups in total. The van der Waals surface area contributed by atoms with Crippen LogP contribution in [0, 0.1) is 0 Å². The number of hydrogen-bond acceptors (Lipinski definition) is 4. The topological polar surface area (TPSA) is 78.4 Å². The summed E-state index contributed by atoms with van der Waals surface area (Å²) in [5, 5.41) is 13.4. The van der Waals surface area contributed by atoms with E-state index in [1.165, 1.54) is 7.05 Å². The van der Waals surface area contributed by atoms with Gasteiger partial charge in [0.25, 0.3) is 0 Å². The summed E-state index contributed by atoms with van der Waals surface area (Å²) in [7, 11) is -2.03. The van der Waals surface area contributed by atoms with Crippen LogP contribution in [0.25, 0.3) is 0 Å². The largest absolute Gasteiger partial charge is 0.387 e. The molecule has 2 atom stereocenters. The van der Waals surface area contributed by atoms with Crippen molar-refractivity contribution >= 4 is 10.0 Å². The second-order valence-corrected chi connectivity index (χ2v) is 7.22. The van der Waals surface area contributed by atoms with Gasteiger partial charge in [-0.3, -0.25) is 0 Å². The lowest BCUT2D eigenvalue weighted by Gasteiger charge is -2.18. The molecule has 0 bridgehead atoms. The van der Waals surface area contributed by atoms with Crippen molar-refractivity contribution in [1.82, 2.24) is 10.0 Å². The number of aliphatic hydroxyl groups is 1. The molecule has 0 spiro atoms. The zero-order valence-corrected chi connectivity index (χ0v) is 14.0. The standard InChI is InChI=1S/C17H22N2O3S/c1-13(19-12-17(20)15-6-4-3-5-7-15)14-8-10-16(11-9-14)23(21,22)18-2/h3-11,13,17-20H,12H2,1-2H3. The molecule has 2 aromatic carbocycles. The highest BCUT2D eigenvalue weighted by atomic mass is 32.2. The summed E-state index contributed by atoms with van der Waals surface area (Å²) in [5.74, 6) is 0. The summed E-state index contributed by atoms with van der Waals surface area (Å²) in [6, 6.07) is 16.2.